The smallest absolute Gasteiger partial charge is 0.278 e. The molecule has 1 amide bonds. The van der Waals surface area contributed by atoms with Gasteiger partial charge in [0.15, 0.2) is 5.69 Å². The summed E-state index contributed by atoms with van der Waals surface area (Å²) in [6.07, 6.45) is 1.64. The molecular formula is C13H14FIN4O. The number of carbonyl (C=O) groups excluding carboxylic acids is 1. The number of aromatic amines is 1. The van der Waals surface area contributed by atoms with Crippen molar-refractivity contribution in [1.82, 2.24) is 10.2 Å². The molecule has 0 saturated heterocycles. The fraction of sp³-hybridized carbons (Fsp3) is 0.231. The Morgan fingerprint density at radius 1 is 1.55 bits per heavy atom. The highest BCUT2D eigenvalue weighted by Crippen LogP contribution is 2.21. The highest BCUT2D eigenvalue weighted by Gasteiger charge is 2.17. The van der Waals surface area contributed by atoms with E-state index in [-0.39, 0.29) is 11.5 Å². The molecule has 1 aromatic carbocycles. The fourth-order valence-electron chi connectivity index (χ4n) is 1.77. The van der Waals surface area contributed by atoms with Gasteiger partial charge in [-0.15, -0.1) is 0 Å². The number of aromatic nitrogens is 2. The average molecular weight is 388 g/mol. The van der Waals surface area contributed by atoms with Crippen molar-refractivity contribution in [2.24, 2.45) is 0 Å². The van der Waals surface area contributed by atoms with Gasteiger partial charge in [0.1, 0.15) is 5.82 Å². The first-order valence-electron chi connectivity index (χ1n) is 6.12. The monoisotopic (exact) mass is 388 g/mol. The number of H-pyrrole nitrogens is 1. The van der Waals surface area contributed by atoms with Gasteiger partial charge in [0, 0.05) is 3.57 Å². The molecule has 0 bridgehead atoms. The van der Waals surface area contributed by atoms with Crippen LogP contribution in [0.2, 0.25) is 0 Å². The molecular weight excluding hydrogens is 374 g/mol. The van der Waals surface area contributed by atoms with E-state index in [0.29, 0.717) is 14.9 Å². The number of rotatable bonds is 4. The van der Waals surface area contributed by atoms with Crippen molar-refractivity contribution in [1.29, 1.82) is 0 Å². The highest BCUT2D eigenvalue weighted by molar-refractivity contribution is 14.1. The van der Waals surface area contributed by atoms with Crippen LogP contribution in [0, 0.1) is 9.39 Å². The summed E-state index contributed by atoms with van der Waals surface area (Å²) in [6, 6.07) is 4.13. The Hall–Kier alpha value is -1.64. The largest absolute Gasteiger partial charge is 0.395 e. The standard InChI is InChI=1S/C13H14FIN4O/c1-2-3-10-11(16)12(19-18-10)13(20)17-9-5-4-7(14)6-8(9)15/h4-6H,2-3,16H2,1H3,(H,17,20)(H,18,19). The number of amides is 1. The molecule has 0 atom stereocenters. The Morgan fingerprint density at radius 2 is 2.30 bits per heavy atom. The second kappa shape index (κ2) is 6.21. The van der Waals surface area contributed by atoms with Crippen LogP contribution >= 0.6 is 22.6 Å². The molecule has 7 heteroatoms. The van der Waals surface area contributed by atoms with Crippen LogP contribution < -0.4 is 11.1 Å². The zero-order valence-corrected chi connectivity index (χ0v) is 13.0. The maximum absolute atomic E-state index is 13.0. The molecule has 0 unspecified atom stereocenters. The maximum Gasteiger partial charge on any atom is 0.278 e. The van der Waals surface area contributed by atoms with Crippen LogP contribution in [0.5, 0.6) is 0 Å². The Kier molecular flexibility index (Phi) is 4.58. The molecule has 106 valence electrons. The van der Waals surface area contributed by atoms with Gasteiger partial charge in [0.2, 0.25) is 0 Å². The van der Waals surface area contributed by atoms with E-state index in [1.165, 1.54) is 18.2 Å². The summed E-state index contributed by atoms with van der Waals surface area (Å²) in [5, 5.41) is 9.38. The van der Waals surface area contributed by atoms with Crippen LogP contribution in [0.3, 0.4) is 0 Å². The fourth-order valence-corrected chi connectivity index (χ4v) is 2.38. The van der Waals surface area contributed by atoms with Gasteiger partial charge in [-0.1, -0.05) is 13.3 Å². The molecule has 0 aliphatic carbocycles. The molecule has 0 aliphatic rings. The SMILES string of the molecule is CCCc1[nH]nc(C(=O)Nc2ccc(F)cc2I)c1N. The van der Waals surface area contributed by atoms with E-state index in [1.54, 1.807) is 0 Å². The number of benzene rings is 1. The Labute approximate surface area is 129 Å². The summed E-state index contributed by atoms with van der Waals surface area (Å²) in [5.74, 6) is -0.762. The number of nitrogens with one attached hydrogen (secondary N) is 2. The first kappa shape index (κ1) is 14.8. The lowest BCUT2D eigenvalue weighted by molar-refractivity contribution is 0.102. The topological polar surface area (TPSA) is 83.8 Å². The number of aryl methyl sites for hydroxylation is 1. The number of hydrogen-bond acceptors (Lipinski definition) is 3. The zero-order valence-electron chi connectivity index (χ0n) is 10.8. The lowest BCUT2D eigenvalue weighted by Crippen LogP contribution is -2.15. The summed E-state index contributed by atoms with van der Waals surface area (Å²) in [4.78, 5) is 12.1. The van der Waals surface area contributed by atoms with E-state index in [1.807, 2.05) is 29.5 Å². The first-order chi connectivity index (χ1) is 9.52. The summed E-state index contributed by atoms with van der Waals surface area (Å²) < 4.78 is 13.6. The van der Waals surface area contributed by atoms with Crippen LogP contribution in [0.4, 0.5) is 15.8 Å². The molecule has 20 heavy (non-hydrogen) atoms. The van der Waals surface area contributed by atoms with Crippen molar-refractivity contribution < 1.29 is 9.18 Å². The van der Waals surface area contributed by atoms with E-state index in [4.69, 9.17) is 5.73 Å². The first-order valence-corrected chi connectivity index (χ1v) is 7.20. The number of anilines is 2. The lowest BCUT2D eigenvalue weighted by atomic mass is 10.2. The van der Waals surface area contributed by atoms with Gasteiger partial charge < -0.3 is 11.1 Å². The zero-order chi connectivity index (χ0) is 14.7. The lowest BCUT2D eigenvalue weighted by Gasteiger charge is -2.06. The molecule has 2 rings (SSSR count). The molecule has 1 aromatic heterocycles. The molecule has 0 radical (unpaired) electrons. The van der Waals surface area contributed by atoms with E-state index in [2.05, 4.69) is 15.5 Å². The molecule has 0 aliphatic heterocycles. The van der Waals surface area contributed by atoms with Gasteiger partial charge in [-0.05, 0) is 47.2 Å². The highest BCUT2D eigenvalue weighted by atomic mass is 127. The third-order valence-corrected chi connectivity index (χ3v) is 3.67. The van der Waals surface area contributed by atoms with Gasteiger partial charge in [-0.2, -0.15) is 5.10 Å². The normalized spacial score (nSPS) is 10.6. The van der Waals surface area contributed by atoms with Crippen molar-refractivity contribution in [3.63, 3.8) is 0 Å². The summed E-state index contributed by atoms with van der Waals surface area (Å²) in [7, 11) is 0. The van der Waals surface area contributed by atoms with Crippen LogP contribution in [0.15, 0.2) is 18.2 Å². The summed E-state index contributed by atoms with van der Waals surface area (Å²) >= 11 is 1.95. The van der Waals surface area contributed by atoms with Gasteiger partial charge in [0.25, 0.3) is 5.91 Å². The third-order valence-electron chi connectivity index (χ3n) is 2.78. The Morgan fingerprint density at radius 3 is 2.95 bits per heavy atom. The van der Waals surface area contributed by atoms with Crippen LogP contribution in [0.1, 0.15) is 29.5 Å². The second-order valence-electron chi connectivity index (χ2n) is 4.29. The average Bonchev–Trinajstić information content (AvgIpc) is 2.75. The number of nitrogens with zero attached hydrogens (tertiary/aromatic N) is 1. The summed E-state index contributed by atoms with van der Waals surface area (Å²) in [5.41, 5.74) is 7.69. The Balaban J connectivity index is 2.20. The molecule has 0 spiro atoms. The maximum atomic E-state index is 13.0. The quantitative estimate of drug-likeness (QED) is 0.705. The van der Waals surface area contributed by atoms with E-state index >= 15 is 0 Å². The molecule has 5 nitrogen and oxygen atoms in total. The number of hydrogen-bond donors (Lipinski definition) is 3. The van der Waals surface area contributed by atoms with Crippen molar-refractivity contribution in [2.75, 3.05) is 11.1 Å². The van der Waals surface area contributed by atoms with E-state index in [9.17, 15) is 9.18 Å². The van der Waals surface area contributed by atoms with Gasteiger partial charge in [-0.3, -0.25) is 9.89 Å². The van der Waals surface area contributed by atoms with E-state index in [0.717, 1.165) is 18.5 Å². The molecule has 0 fully saturated rings. The minimum absolute atomic E-state index is 0.161. The number of halogens is 2. The number of nitrogen functional groups attached to an aromatic ring is 1. The van der Waals surface area contributed by atoms with Gasteiger partial charge in [0.05, 0.1) is 17.1 Å². The van der Waals surface area contributed by atoms with Gasteiger partial charge in [-0.25, -0.2) is 4.39 Å². The van der Waals surface area contributed by atoms with Crippen molar-refractivity contribution in [2.45, 2.75) is 19.8 Å². The minimum Gasteiger partial charge on any atom is -0.395 e. The summed E-state index contributed by atoms with van der Waals surface area (Å²) in [6.45, 7) is 2.01. The Bertz CT molecular complexity index is 641. The van der Waals surface area contributed by atoms with Gasteiger partial charge >= 0.3 is 0 Å². The number of carbonyl (C=O) groups is 1. The van der Waals surface area contributed by atoms with Crippen LogP contribution in [0.25, 0.3) is 0 Å². The molecule has 4 N–H and O–H groups in total. The predicted octanol–water partition coefficient (Wildman–Crippen LogP) is 2.94. The van der Waals surface area contributed by atoms with Crippen LogP contribution in [-0.4, -0.2) is 16.1 Å². The molecule has 1 heterocycles. The minimum atomic E-state index is -0.411. The van der Waals surface area contributed by atoms with Crippen molar-refractivity contribution >= 4 is 39.9 Å². The number of nitrogens with two attached hydrogens (primary N) is 1. The van der Waals surface area contributed by atoms with Crippen molar-refractivity contribution in [3.8, 4) is 0 Å². The third kappa shape index (κ3) is 3.09. The molecule has 0 saturated carbocycles. The van der Waals surface area contributed by atoms with Crippen LogP contribution in [-0.2, 0) is 6.42 Å². The predicted molar refractivity (Wildman–Crippen MR) is 84.1 cm³/mol. The molecule has 2 aromatic rings. The second-order valence-corrected chi connectivity index (χ2v) is 5.45. The van der Waals surface area contributed by atoms with E-state index < -0.39 is 5.91 Å². The van der Waals surface area contributed by atoms with Crippen molar-refractivity contribution in [3.05, 3.63) is 39.0 Å².